The topological polar surface area (TPSA) is 58.6 Å². The number of para-hydroxylation sites is 2. The highest BCUT2D eigenvalue weighted by Gasteiger charge is 2.46. The molecule has 0 fully saturated rings. The number of carboxylic acid groups (broad SMARTS) is 1. The maximum atomic E-state index is 11.2. The summed E-state index contributed by atoms with van der Waals surface area (Å²) in [5, 5.41) is 11.2. The summed E-state index contributed by atoms with van der Waals surface area (Å²) in [6.45, 7) is 3.63. The van der Waals surface area contributed by atoms with Crippen molar-refractivity contribution in [2.24, 2.45) is 5.92 Å². The number of carbonyl (C=O) groups excluding carboxylic acids is 1. The van der Waals surface area contributed by atoms with Gasteiger partial charge in [-0.3, -0.25) is 0 Å². The van der Waals surface area contributed by atoms with Crippen LogP contribution in [0.2, 0.25) is 0 Å². The van der Waals surface area contributed by atoms with E-state index in [0.29, 0.717) is 24.3 Å². The van der Waals surface area contributed by atoms with Gasteiger partial charge in [-0.05, 0) is 18.6 Å². The van der Waals surface area contributed by atoms with Gasteiger partial charge in [0.25, 0.3) is 5.79 Å². The maximum absolute atomic E-state index is 11.2. The predicted octanol–water partition coefficient (Wildman–Crippen LogP) is 1.34. The number of ether oxygens (including phenoxy) is 2. The van der Waals surface area contributed by atoms with Crippen molar-refractivity contribution in [2.75, 3.05) is 0 Å². The first-order valence-corrected chi connectivity index (χ1v) is 5.81. The van der Waals surface area contributed by atoms with Gasteiger partial charge >= 0.3 is 0 Å². The largest absolute Gasteiger partial charge is 0.550 e. The fourth-order valence-electron chi connectivity index (χ4n) is 2.20. The molecule has 4 nitrogen and oxygen atoms in total. The SMILES string of the molecule is CCC(C(=O)[O-])C1(CC)Oc2ccccc2O1. The first kappa shape index (κ1) is 11.8. The monoisotopic (exact) mass is 235 g/mol. The average Bonchev–Trinajstić information content (AvgIpc) is 2.68. The molecule has 1 aromatic rings. The summed E-state index contributed by atoms with van der Waals surface area (Å²) in [6.07, 6.45) is 0.859. The molecule has 0 saturated carbocycles. The Morgan fingerprint density at radius 3 is 2.18 bits per heavy atom. The Labute approximate surface area is 100 Å². The van der Waals surface area contributed by atoms with Crippen molar-refractivity contribution in [2.45, 2.75) is 32.5 Å². The molecule has 0 aromatic heterocycles. The Hall–Kier alpha value is -1.71. The lowest BCUT2D eigenvalue weighted by Gasteiger charge is -2.34. The van der Waals surface area contributed by atoms with Gasteiger partial charge in [0.15, 0.2) is 11.5 Å². The molecule has 0 aliphatic carbocycles. The van der Waals surface area contributed by atoms with E-state index in [1.165, 1.54) is 0 Å². The lowest BCUT2D eigenvalue weighted by atomic mass is 9.93. The van der Waals surface area contributed by atoms with E-state index < -0.39 is 17.7 Å². The van der Waals surface area contributed by atoms with Gasteiger partial charge in [0.1, 0.15) is 0 Å². The predicted molar refractivity (Wildman–Crippen MR) is 59.5 cm³/mol. The van der Waals surface area contributed by atoms with Gasteiger partial charge in [0, 0.05) is 6.42 Å². The molecule has 0 radical (unpaired) electrons. The molecule has 0 saturated heterocycles. The van der Waals surface area contributed by atoms with Crippen molar-refractivity contribution in [1.29, 1.82) is 0 Å². The third kappa shape index (κ3) is 1.84. The highest BCUT2D eigenvalue weighted by molar-refractivity contribution is 5.69. The third-order valence-corrected chi connectivity index (χ3v) is 3.13. The quantitative estimate of drug-likeness (QED) is 0.790. The number of benzene rings is 1. The molecule has 1 aromatic carbocycles. The third-order valence-electron chi connectivity index (χ3n) is 3.13. The molecule has 4 heteroatoms. The summed E-state index contributed by atoms with van der Waals surface area (Å²) in [6, 6.07) is 7.20. The zero-order chi connectivity index (χ0) is 12.5. The summed E-state index contributed by atoms with van der Waals surface area (Å²) in [5.41, 5.74) is 0. The van der Waals surface area contributed by atoms with Crippen LogP contribution in [0.3, 0.4) is 0 Å². The fourth-order valence-corrected chi connectivity index (χ4v) is 2.20. The summed E-state index contributed by atoms with van der Waals surface area (Å²) in [7, 11) is 0. The summed E-state index contributed by atoms with van der Waals surface area (Å²) >= 11 is 0. The Kier molecular flexibility index (Phi) is 2.96. The Bertz CT molecular complexity index is 402. The number of aliphatic carboxylic acids is 1. The van der Waals surface area contributed by atoms with Gasteiger partial charge < -0.3 is 19.4 Å². The van der Waals surface area contributed by atoms with E-state index in [1.54, 1.807) is 19.1 Å². The van der Waals surface area contributed by atoms with Gasteiger partial charge in [-0.1, -0.05) is 26.0 Å². The minimum atomic E-state index is -1.14. The average molecular weight is 235 g/mol. The van der Waals surface area contributed by atoms with Gasteiger partial charge in [-0.2, -0.15) is 0 Å². The highest BCUT2D eigenvalue weighted by Crippen LogP contribution is 2.44. The summed E-state index contributed by atoms with van der Waals surface area (Å²) in [5.74, 6) is -1.86. The van der Waals surface area contributed by atoms with Gasteiger partial charge in [-0.25, -0.2) is 0 Å². The minimum Gasteiger partial charge on any atom is -0.550 e. The zero-order valence-electron chi connectivity index (χ0n) is 9.93. The molecule has 2 rings (SSSR count). The standard InChI is InChI=1S/C13H16O4/c1-3-9(12(14)15)13(4-2)16-10-7-5-6-8-11(10)17-13/h5-9H,3-4H2,1-2H3,(H,14,15)/p-1. The molecule has 0 N–H and O–H groups in total. The van der Waals surface area contributed by atoms with E-state index >= 15 is 0 Å². The zero-order valence-corrected chi connectivity index (χ0v) is 9.93. The van der Waals surface area contributed by atoms with Crippen molar-refractivity contribution < 1.29 is 19.4 Å². The molecule has 1 atom stereocenters. The van der Waals surface area contributed by atoms with Crippen LogP contribution in [-0.4, -0.2) is 11.8 Å². The summed E-state index contributed by atoms with van der Waals surface area (Å²) in [4.78, 5) is 11.2. The van der Waals surface area contributed by atoms with E-state index in [-0.39, 0.29) is 0 Å². The molecule has 0 amide bonds. The molecule has 1 unspecified atom stereocenters. The first-order chi connectivity index (χ1) is 8.13. The van der Waals surface area contributed by atoms with Crippen LogP contribution in [0.1, 0.15) is 26.7 Å². The number of carboxylic acids is 1. The van der Waals surface area contributed by atoms with Crippen LogP contribution in [0.15, 0.2) is 24.3 Å². The minimum absolute atomic E-state index is 0.407. The van der Waals surface area contributed by atoms with Crippen molar-refractivity contribution >= 4 is 5.97 Å². The smallest absolute Gasteiger partial charge is 0.259 e. The number of rotatable bonds is 4. The first-order valence-electron chi connectivity index (χ1n) is 5.81. The van der Waals surface area contributed by atoms with E-state index in [4.69, 9.17) is 9.47 Å². The molecular weight excluding hydrogens is 220 g/mol. The lowest BCUT2D eigenvalue weighted by Crippen LogP contribution is -2.52. The summed E-state index contributed by atoms with van der Waals surface area (Å²) < 4.78 is 11.4. The van der Waals surface area contributed by atoms with Gasteiger partial charge in [0.2, 0.25) is 0 Å². The lowest BCUT2D eigenvalue weighted by molar-refractivity contribution is -0.322. The normalized spacial score (nSPS) is 17.8. The van der Waals surface area contributed by atoms with Crippen LogP contribution < -0.4 is 14.6 Å². The van der Waals surface area contributed by atoms with Crippen molar-refractivity contribution in [3.05, 3.63) is 24.3 Å². The van der Waals surface area contributed by atoms with Crippen LogP contribution in [-0.2, 0) is 4.79 Å². The Morgan fingerprint density at radius 1 is 1.29 bits per heavy atom. The fraction of sp³-hybridized carbons (Fsp3) is 0.462. The highest BCUT2D eigenvalue weighted by atomic mass is 16.7. The second-order valence-corrected chi connectivity index (χ2v) is 4.10. The Morgan fingerprint density at radius 2 is 1.82 bits per heavy atom. The molecular formula is C13H15O4-. The van der Waals surface area contributed by atoms with E-state index in [2.05, 4.69) is 0 Å². The van der Waals surface area contributed by atoms with Crippen LogP contribution in [0.5, 0.6) is 11.5 Å². The van der Waals surface area contributed by atoms with E-state index in [9.17, 15) is 9.90 Å². The van der Waals surface area contributed by atoms with Crippen molar-refractivity contribution in [3.63, 3.8) is 0 Å². The van der Waals surface area contributed by atoms with Gasteiger partial charge in [0.05, 0.1) is 11.9 Å². The maximum Gasteiger partial charge on any atom is 0.259 e. The van der Waals surface area contributed by atoms with Crippen LogP contribution in [0.25, 0.3) is 0 Å². The molecule has 0 spiro atoms. The molecule has 0 bridgehead atoms. The number of fused-ring (bicyclic) bond motifs is 1. The van der Waals surface area contributed by atoms with Crippen molar-refractivity contribution in [1.82, 2.24) is 0 Å². The van der Waals surface area contributed by atoms with Gasteiger partial charge in [-0.15, -0.1) is 0 Å². The second-order valence-electron chi connectivity index (χ2n) is 4.10. The van der Waals surface area contributed by atoms with Crippen LogP contribution in [0, 0.1) is 5.92 Å². The van der Waals surface area contributed by atoms with Crippen LogP contribution in [0.4, 0.5) is 0 Å². The molecule has 1 aliphatic heterocycles. The molecule has 1 heterocycles. The number of hydrogen-bond donors (Lipinski definition) is 0. The second kappa shape index (κ2) is 4.28. The number of carbonyl (C=O) groups is 1. The molecule has 1 aliphatic rings. The Balaban J connectivity index is 2.34. The van der Waals surface area contributed by atoms with E-state index in [0.717, 1.165) is 0 Å². The van der Waals surface area contributed by atoms with E-state index in [1.807, 2.05) is 19.1 Å². The number of hydrogen-bond acceptors (Lipinski definition) is 4. The van der Waals surface area contributed by atoms with Crippen LogP contribution >= 0.6 is 0 Å². The molecule has 92 valence electrons. The molecule has 17 heavy (non-hydrogen) atoms. The van der Waals surface area contributed by atoms with Crippen molar-refractivity contribution in [3.8, 4) is 11.5 Å².